The molecule has 2 amide bonds. The van der Waals surface area contributed by atoms with Gasteiger partial charge in [-0.1, -0.05) is 30.3 Å². The molecular weight excluding hydrogens is 354 g/mol. The van der Waals surface area contributed by atoms with Crippen LogP contribution in [0, 0.1) is 12.3 Å². The van der Waals surface area contributed by atoms with Crippen molar-refractivity contribution in [2.75, 3.05) is 26.2 Å². The highest BCUT2D eigenvalue weighted by Crippen LogP contribution is 2.40. The summed E-state index contributed by atoms with van der Waals surface area (Å²) >= 11 is 0. The highest BCUT2D eigenvalue weighted by Gasteiger charge is 2.49. The zero-order chi connectivity index (χ0) is 19.6. The van der Waals surface area contributed by atoms with E-state index in [-0.39, 0.29) is 11.8 Å². The number of hydrogen-bond donors (Lipinski definition) is 0. The number of carbonyl (C=O) groups excluding carboxylic acids is 2. The van der Waals surface area contributed by atoms with Crippen LogP contribution in [-0.4, -0.2) is 52.8 Å². The van der Waals surface area contributed by atoms with Crippen molar-refractivity contribution in [2.24, 2.45) is 5.41 Å². The minimum atomic E-state index is -0.422. The molecule has 1 aromatic heterocycles. The van der Waals surface area contributed by atoms with E-state index in [1.54, 1.807) is 11.8 Å². The number of likely N-dealkylation sites (tertiary alicyclic amines) is 2. The molecule has 0 radical (unpaired) electrons. The summed E-state index contributed by atoms with van der Waals surface area (Å²) in [5, 5.41) is 0. The lowest BCUT2D eigenvalue weighted by atomic mass is 9.78. The van der Waals surface area contributed by atoms with Crippen LogP contribution in [0.1, 0.15) is 47.5 Å². The molecule has 3 heterocycles. The number of piperidine rings is 1. The zero-order valence-corrected chi connectivity index (χ0v) is 16.4. The summed E-state index contributed by atoms with van der Waals surface area (Å²) < 4.78 is 5.26. The number of amides is 2. The second-order valence-electron chi connectivity index (χ2n) is 8.01. The third-order valence-electron chi connectivity index (χ3n) is 6.14. The summed E-state index contributed by atoms with van der Waals surface area (Å²) in [6.07, 6.45) is 5.84. The third kappa shape index (κ3) is 3.55. The Kier molecular flexibility index (Phi) is 5.20. The molecule has 6 heteroatoms. The maximum absolute atomic E-state index is 13.3. The van der Waals surface area contributed by atoms with E-state index in [4.69, 9.17) is 4.42 Å². The fourth-order valence-corrected chi connectivity index (χ4v) is 4.56. The van der Waals surface area contributed by atoms with Crippen LogP contribution in [0.2, 0.25) is 0 Å². The molecule has 28 heavy (non-hydrogen) atoms. The van der Waals surface area contributed by atoms with E-state index >= 15 is 0 Å². The fourth-order valence-electron chi connectivity index (χ4n) is 4.56. The molecule has 2 aromatic rings. The van der Waals surface area contributed by atoms with Crippen molar-refractivity contribution < 1.29 is 14.0 Å². The monoisotopic (exact) mass is 381 g/mol. The average Bonchev–Trinajstić information content (AvgIpc) is 3.33. The van der Waals surface area contributed by atoms with E-state index < -0.39 is 5.41 Å². The SMILES string of the molecule is Cc1ncoc1C(=O)N1CC[C@]2(CCCN(CCCc3ccccc3)C2=O)C1. The summed E-state index contributed by atoms with van der Waals surface area (Å²) in [6.45, 7) is 4.46. The van der Waals surface area contributed by atoms with Crippen molar-refractivity contribution in [1.82, 2.24) is 14.8 Å². The molecule has 4 rings (SSSR count). The minimum absolute atomic E-state index is 0.152. The Hall–Kier alpha value is -2.63. The van der Waals surface area contributed by atoms with Crippen molar-refractivity contribution in [3.8, 4) is 0 Å². The van der Waals surface area contributed by atoms with Crippen LogP contribution in [0.5, 0.6) is 0 Å². The van der Waals surface area contributed by atoms with E-state index in [1.165, 1.54) is 12.0 Å². The van der Waals surface area contributed by atoms with Crippen molar-refractivity contribution in [1.29, 1.82) is 0 Å². The molecule has 1 aromatic carbocycles. The molecule has 1 atom stereocenters. The van der Waals surface area contributed by atoms with Crippen LogP contribution < -0.4 is 0 Å². The standard InChI is InChI=1S/C22H27N3O3/c1-17-19(28-16-23-17)20(26)25-14-11-22(15-25)10-6-13-24(21(22)27)12-5-9-18-7-3-2-4-8-18/h2-4,7-8,16H,5-6,9-15H2,1H3/t22-/m1/s1. The number of hydrogen-bond acceptors (Lipinski definition) is 4. The summed E-state index contributed by atoms with van der Waals surface area (Å²) in [4.78, 5) is 33.8. The van der Waals surface area contributed by atoms with Crippen molar-refractivity contribution in [3.63, 3.8) is 0 Å². The van der Waals surface area contributed by atoms with Gasteiger partial charge >= 0.3 is 0 Å². The van der Waals surface area contributed by atoms with Gasteiger partial charge in [0.2, 0.25) is 11.7 Å². The maximum atomic E-state index is 13.3. The van der Waals surface area contributed by atoms with Gasteiger partial charge in [0.25, 0.3) is 5.91 Å². The number of aromatic nitrogens is 1. The zero-order valence-electron chi connectivity index (χ0n) is 16.4. The topological polar surface area (TPSA) is 66.7 Å². The lowest BCUT2D eigenvalue weighted by molar-refractivity contribution is -0.145. The molecule has 0 bridgehead atoms. The van der Waals surface area contributed by atoms with Gasteiger partial charge in [0.15, 0.2) is 6.39 Å². The number of oxazole rings is 1. The number of nitrogens with zero attached hydrogens (tertiary/aromatic N) is 3. The predicted molar refractivity (Wildman–Crippen MR) is 105 cm³/mol. The summed E-state index contributed by atoms with van der Waals surface area (Å²) in [5.74, 6) is 0.359. The Morgan fingerprint density at radius 2 is 2.04 bits per heavy atom. The first-order valence-corrected chi connectivity index (χ1v) is 10.1. The smallest absolute Gasteiger partial charge is 0.291 e. The quantitative estimate of drug-likeness (QED) is 0.798. The van der Waals surface area contributed by atoms with Crippen LogP contribution in [-0.2, 0) is 11.2 Å². The lowest BCUT2D eigenvalue weighted by Crippen LogP contribution is -2.50. The normalized spacial score (nSPS) is 22.2. The molecule has 0 aliphatic carbocycles. The van der Waals surface area contributed by atoms with Gasteiger partial charge in [-0.15, -0.1) is 0 Å². The van der Waals surface area contributed by atoms with E-state index in [0.29, 0.717) is 24.5 Å². The first kappa shape index (κ1) is 18.7. The van der Waals surface area contributed by atoms with Crippen molar-refractivity contribution >= 4 is 11.8 Å². The van der Waals surface area contributed by atoms with Crippen LogP contribution in [0.4, 0.5) is 0 Å². The highest BCUT2D eigenvalue weighted by molar-refractivity contribution is 5.94. The van der Waals surface area contributed by atoms with Gasteiger partial charge in [-0.2, -0.15) is 0 Å². The number of rotatable bonds is 5. The Balaban J connectivity index is 1.37. The molecule has 2 fully saturated rings. The van der Waals surface area contributed by atoms with Crippen molar-refractivity contribution in [2.45, 2.75) is 39.0 Å². The molecule has 148 valence electrons. The Morgan fingerprint density at radius 1 is 1.21 bits per heavy atom. The largest absolute Gasteiger partial charge is 0.438 e. The second kappa shape index (κ2) is 7.78. The molecule has 2 aliphatic heterocycles. The van der Waals surface area contributed by atoms with Gasteiger partial charge < -0.3 is 14.2 Å². The molecule has 6 nitrogen and oxygen atoms in total. The van der Waals surface area contributed by atoms with E-state index in [1.807, 2.05) is 11.0 Å². The van der Waals surface area contributed by atoms with Gasteiger partial charge in [0.1, 0.15) is 0 Å². The summed E-state index contributed by atoms with van der Waals surface area (Å²) in [7, 11) is 0. The molecule has 1 spiro atoms. The van der Waals surface area contributed by atoms with E-state index in [0.717, 1.165) is 45.2 Å². The number of benzene rings is 1. The third-order valence-corrected chi connectivity index (χ3v) is 6.14. The summed E-state index contributed by atoms with van der Waals surface area (Å²) in [5.41, 5.74) is 1.49. The van der Waals surface area contributed by atoms with Gasteiger partial charge in [0, 0.05) is 26.2 Å². The maximum Gasteiger partial charge on any atom is 0.291 e. The highest BCUT2D eigenvalue weighted by atomic mass is 16.3. The van der Waals surface area contributed by atoms with Crippen LogP contribution in [0.25, 0.3) is 0 Å². The predicted octanol–water partition coefficient (Wildman–Crippen LogP) is 3.07. The number of carbonyl (C=O) groups is 2. The van der Waals surface area contributed by atoms with Crippen molar-refractivity contribution in [3.05, 3.63) is 53.7 Å². The Labute approximate surface area is 165 Å². The van der Waals surface area contributed by atoms with Gasteiger partial charge in [-0.3, -0.25) is 9.59 Å². The van der Waals surface area contributed by atoms with Gasteiger partial charge in [0.05, 0.1) is 11.1 Å². The lowest BCUT2D eigenvalue weighted by Gasteiger charge is -2.39. The average molecular weight is 381 g/mol. The summed E-state index contributed by atoms with van der Waals surface area (Å²) in [6, 6.07) is 10.4. The van der Waals surface area contributed by atoms with Crippen LogP contribution in [0.3, 0.4) is 0 Å². The number of aryl methyl sites for hydroxylation is 2. The van der Waals surface area contributed by atoms with Gasteiger partial charge in [-0.25, -0.2) is 4.98 Å². The van der Waals surface area contributed by atoms with Gasteiger partial charge in [-0.05, 0) is 44.6 Å². The van der Waals surface area contributed by atoms with Crippen LogP contribution in [0.15, 0.2) is 41.1 Å². The van der Waals surface area contributed by atoms with E-state index in [9.17, 15) is 9.59 Å². The first-order valence-electron chi connectivity index (χ1n) is 10.1. The molecule has 0 saturated carbocycles. The van der Waals surface area contributed by atoms with Crippen LogP contribution >= 0.6 is 0 Å². The van der Waals surface area contributed by atoms with E-state index in [2.05, 4.69) is 29.2 Å². The molecule has 0 N–H and O–H groups in total. The Morgan fingerprint density at radius 3 is 2.79 bits per heavy atom. The molecule has 2 aliphatic rings. The molecular formula is C22H27N3O3. The second-order valence-corrected chi connectivity index (χ2v) is 8.01. The Bertz CT molecular complexity index is 848. The first-order chi connectivity index (χ1) is 13.6. The fraction of sp³-hybridized carbons (Fsp3) is 0.500. The molecule has 0 unspecified atom stereocenters. The molecule has 2 saturated heterocycles. The minimum Gasteiger partial charge on any atom is -0.438 e.